The topological polar surface area (TPSA) is 32.3 Å². The molecule has 1 amide bonds. The van der Waals surface area contributed by atoms with Crippen molar-refractivity contribution in [2.75, 3.05) is 13.1 Å². The molecule has 1 saturated heterocycles. The molecule has 1 aliphatic heterocycles. The molecule has 2 fully saturated rings. The molecule has 2 aliphatic rings. The highest BCUT2D eigenvalue weighted by Crippen LogP contribution is 2.31. The number of carbonyl (C=O) groups excluding carboxylic acids is 1. The SMILES string of the molecule is CCCNC1CCCN(C2CCC(CCC)CC2)C1=O. The van der Waals surface area contributed by atoms with Crippen molar-refractivity contribution in [3.63, 3.8) is 0 Å². The largest absolute Gasteiger partial charge is 0.338 e. The number of amides is 1. The third-order valence-corrected chi connectivity index (χ3v) is 5.07. The van der Waals surface area contributed by atoms with E-state index in [0.717, 1.165) is 31.8 Å². The van der Waals surface area contributed by atoms with Crippen molar-refractivity contribution in [1.29, 1.82) is 0 Å². The molecule has 20 heavy (non-hydrogen) atoms. The average Bonchev–Trinajstić information content (AvgIpc) is 2.48. The van der Waals surface area contributed by atoms with E-state index in [4.69, 9.17) is 0 Å². The lowest BCUT2D eigenvalue weighted by Gasteiger charge is -2.41. The number of nitrogens with zero attached hydrogens (tertiary/aromatic N) is 1. The Morgan fingerprint density at radius 1 is 1.10 bits per heavy atom. The molecule has 2 rings (SSSR count). The molecule has 1 atom stereocenters. The van der Waals surface area contributed by atoms with Crippen LogP contribution in [-0.4, -0.2) is 36.0 Å². The molecule has 0 aromatic carbocycles. The highest BCUT2D eigenvalue weighted by Gasteiger charge is 2.34. The summed E-state index contributed by atoms with van der Waals surface area (Å²) in [5.74, 6) is 1.30. The van der Waals surface area contributed by atoms with Gasteiger partial charge in [-0.2, -0.15) is 0 Å². The fourth-order valence-corrected chi connectivity index (χ4v) is 3.92. The van der Waals surface area contributed by atoms with Crippen LogP contribution in [0.4, 0.5) is 0 Å². The maximum absolute atomic E-state index is 12.6. The quantitative estimate of drug-likeness (QED) is 0.809. The standard InChI is InChI=1S/C17H32N2O/c1-3-6-14-8-10-15(11-9-14)19-13-5-7-16(17(19)20)18-12-4-2/h14-16,18H,3-13H2,1-2H3. The first-order valence-electron chi connectivity index (χ1n) is 8.80. The Bertz CT molecular complexity index is 297. The van der Waals surface area contributed by atoms with Gasteiger partial charge in [-0.25, -0.2) is 0 Å². The zero-order chi connectivity index (χ0) is 14.4. The zero-order valence-electron chi connectivity index (χ0n) is 13.4. The Morgan fingerprint density at radius 2 is 1.85 bits per heavy atom. The van der Waals surface area contributed by atoms with Gasteiger partial charge in [0.25, 0.3) is 0 Å². The lowest BCUT2D eigenvalue weighted by atomic mass is 9.82. The predicted octanol–water partition coefficient (Wildman–Crippen LogP) is 3.34. The molecule has 1 saturated carbocycles. The Hall–Kier alpha value is -0.570. The minimum Gasteiger partial charge on any atom is -0.338 e. The normalized spacial score (nSPS) is 31.6. The second kappa shape index (κ2) is 8.02. The summed E-state index contributed by atoms with van der Waals surface area (Å²) in [4.78, 5) is 14.8. The fourth-order valence-electron chi connectivity index (χ4n) is 3.92. The van der Waals surface area contributed by atoms with E-state index in [0.29, 0.717) is 11.9 Å². The second-order valence-electron chi connectivity index (χ2n) is 6.64. The number of likely N-dealkylation sites (tertiary alicyclic amines) is 1. The van der Waals surface area contributed by atoms with Gasteiger partial charge in [-0.1, -0.05) is 26.7 Å². The number of hydrogen-bond acceptors (Lipinski definition) is 2. The molecular weight excluding hydrogens is 248 g/mol. The third-order valence-electron chi connectivity index (χ3n) is 5.07. The molecule has 1 heterocycles. The van der Waals surface area contributed by atoms with Gasteiger partial charge < -0.3 is 10.2 Å². The number of nitrogens with one attached hydrogen (secondary N) is 1. The van der Waals surface area contributed by atoms with Gasteiger partial charge in [0.1, 0.15) is 0 Å². The van der Waals surface area contributed by atoms with Crippen molar-refractivity contribution < 1.29 is 4.79 Å². The van der Waals surface area contributed by atoms with Gasteiger partial charge in [-0.05, 0) is 57.4 Å². The van der Waals surface area contributed by atoms with Crippen LogP contribution in [0.5, 0.6) is 0 Å². The molecular formula is C17H32N2O. The Kier molecular flexibility index (Phi) is 6.34. The molecule has 1 N–H and O–H groups in total. The maximum atomic E-state index is 12.6. The summed E-state index contributed by atoms with van der Waals surface area (Å²) >= 11 is 0. The van der Waals surface area contributed by atoms with E-state index in [1.807, 2.05) is 0 Å². The van der Waals surface area contributed by atoms with Crippen molar-refractivity contribution in [3.8, 4) is 0 Å². The number of piperidine rings is 1. The number of hydrogen-bond donors (Lipinski definition) is 1. The van der Waals surface area contributed by atoms with Crippen LogP contribution in [0.2, 0.25) is 0 Å². The lowest BCUT2D eigenvalue weighted by molar-refractivity contribution is -0.139. The van der Waals surface area contributed by atoms with Crippen LogP contribution in [-0.2, 0) is 4.79 Å². The molecule has 0 aromatic rings. The van der Waals surface area contributed by atoms with E-state index in [2.05, 4.69) is 24.1 Å². The van der Waals surface area contributed by atoms with E-state index in [9.17, 15) is 4.79 Å². The summed E-state index contributed by atoms with van der Waals surface area (Å²) in [6.07, 6.45) is 11.1. The van der Waals surface area contributed by atoms with Gasteiger partial charge in [0.15, 0.2) is 0 Å². The van der Waals surface area contributed by atoms with E-state index < -0.39 is 0 Å². The van der Waals surface area contributed by atoms with Crippen molar-refractivity contribution in [2.45, 2.75) is 83.7 Å². The first kappa shape index (κ1) is 15.8. The van der Waals surface area contributed by atoms with Crippen molar-refractivity contribution in [2.24, 2.45) is 5.92 Å². The molecule has 0 spiro atoms. The first-order valence-corrected chi connectivity index (χ1v) is 8.80. The van der Waals surface area contributed by atoms with Crippen LogP contribution in [0.3, 0.4) is 0 Å². The molecule has 1 unspecified atom stereocenters. The Labute approximate surface area is 124 Å². The first-order chi connectivity index (χ1) is 9.76. The fraction of sp³-hybridized carbons (Fsp3) is 0.941. The highest BCUT2D eigenvalue weighted by atomic mass is 16.2. The second-order valence-corrected chi connectivity index (χ2v) is 6.64. The summed E-state index contributed by atoms with van der Waals surface area (Å²) in [7, 11) is 0. The summed E-state index contributed by atoms with van der Waals surface area (Å²) < 4.78 is 0. The lowest BCUT2D eigenvalue weighted by Crippen LogP contribution is -2.54. The summed E-state index contributed by atoms with van der Waals surface area (Å²) in [5, 5.41) is 3.43. The molecule has 0 bridgehead atoms. The summed E-state index contributed by atoms with van der Waals surface area (Å²) in [6.45, 7) is 6.40. The van der Waals surface area contributed by atoms with Gasteiger partial charge in [-0.3, -0.25) is 4.79 Å². The van der Waals surface area contributed by atoms with Crippen LogP contribution in [0.25, 0.3) is 0 Å². The Balaban J connectivity index is 1.84. The van der Waals surface area contributed by atoms with Crippen LogP contribution in [0, 0.1) is 5.92 Å². The van der Waals surface area contributed by atoms with Crippen LogP contribution in [0.15, 0.2) is 0 Å². The van der Waals surface area contributed by atoms with Crippen molar-refractivity contribution >= 4 is 5.91 Å². The average molecular weight is 280 g/mol. The van der Waals surface area contributed by atoms with E-state index in [1.54, 1.807) is 0 Å². The van der Waals surface area contributed by atoms with Gasteiger partial charge in [0.2, 0.25) is 5.91 Å². The zero-order valence-corrected chi connectivity index (χ0v) is 13.4. The van der Waals surface area contributed by atoms with E-state index in [-0.39, 0.29) is 6.04 Å². The highest BCUT2D eigenvalue weighted by molar-refractivity contribution is 5.82. The molecule has 116 valence electrons. The van der Waals surface area contributed by atoms with Crippen molar-refractivity contribution in [1.82, 2.24) is 10.2 Å². The molecule has 3 heteroatoms. The van der Waals surface area contributed by atoms with Crippen LogP contribution >= 0.6 is 0 Å². The minimum absolute atomic E-state index is 0.0945. The Morgan fingerprint density at radius 3 is 2.50 bits per heavy atom. The molecule has 1 aliphatic carbocycles. The smallest absolute Gasteiger partial charge is 0.239 e. The number of rotatable bonds is 6. The van der Waals surface area contributed by atoms with Crippen LogP contribution < -0.4 is 5.32 Å². The summed E-state index contributed by atoms with van der Waals surface area (Å²) in [6, 6.07) is 0.624. The van der Waals surface area contributed by atoms with Gasteiger partial charge >= 0.3 is 0 Å². The van der Waals surface area contributed by atoms with Gasteiger partial charge in [-0.15, -0.1) is 0 Å². The third kappa shape index (κ3) is 3.97. The monoisotopic (exact) mass is 280 g/mol. The minimum atomic E-state index is 0.0945. The van der Waals surface area contributed by atoms with Gasteiger partial charge in [0.05, 0.1) is 6.04 Å². The van der Waals surface area contributed by atoms with Crippen LogP contribution in [0.1, 0.15) is 71.6 Å². The molecule has 0 radical (unpaired) electrons. The van der Waals surface area contributed by atoms with E-state index in [1.165, 1.54) is 44.9 Å². The van der Waals surface area contributed by atoms with E-state index >= 15 is 0 Å². The van der Waals surface area contributed by atoms with Crippen molar-refractivity contribution in [3.05, 3.63) is 0 Å². The summed E-state index contributed by atoms with van der Waals surface area (Å²) in [5.41, 5.74) is 0. The van der Waals surface area contributed by atoms with Gasteiger partial charge in [0, 0.05) is 12.6 Å². The maximum Gasteiger partial charge on any atom is 0.239 e. The molecule has 3 nitrogen and oxygen atoms in total. The molecule has 0 aromatic heterocycles. The predicted molar refractivity (Wildman–Crippen MR) is 83.7 cm³/mol. The number of carbonyl (C=O) groups is 1.